The number of sulfonamides is 1. The number of phenols is 1. The minimum absolute atomic E-state index is 0.0962. The largest absolute Gasteiger partial charge is 0.516 e. The quantitative estimate of drug-likeness (QED) is 0.0707. The number of aromatic hydroxyl groups is 1. The molecule has 4 aromatic rings. The molecule has 2 atom stereocenters. The number of carbonyl (C=O) groups excluding carboxylic acids is 3. The van der Waals surface area contributed by atoms with Gasteiger partial charge in [-0.15, -0.1) is 0 Å². The maximum atomic E-state index is 14.0. The fourth-order valence-corrected chi connectivity index (χ4v) is 9.18. The summed E-state index contributed by atoms with van der Waals surface area (Å²) in [6, 6.07) is 21.5. The Hall–Kier alpha value is -4.93. The van der Waals surface area contributed by atoms with E-state index in [1.807, 2.05) is 48.5 Å². The van der Waals surface area contributed by atoms with Crippen molar-refractivity contribution < 1.29 is 73.0 Å². The summed E-state index contributed by atoms with van der Waals surface area (Å²) in [5.74, 6) is -7.10. The molecule has 0 radical (unpaired) electrons. The molecule has 0 aliphatic heterocycles. The maximum Gasteiger partial charge on any atom is 0.516 e. The van der Waals surface area contributed by atoms with E-state index in [9.17, 15) is 54.0 Å². The summed E-state index contributed by atoms with van der Waals surface area (Å²) in [6.07, 6.45) is 0. The number of nitrogens with one attached hydrogen (secondary N) is 1. The van der Waals surface area contributed by atoms with E-state index >= 15 is 0 Å². The summed E-state index contributed by atoms with van der Waals surface area (Å²) >= 11 is 1.73. The summed E-state index contributed by atoms with van der Waals surface area (Å²) in [5, 5.41) is 10.2. The first-order chi connectivity index (χ1) is 26.4. The second-order valence-corrected chi connectivity index (χ2v) is 16.6. The lowest BCUT2D eigenvalue weighted by Crippen LogP contribution is -2.48. The highest BCUT2D eigenvalue weighted by Crippen LogP contribution is 2.58. The van der Waals surface area contributed by atoms with E-state index in [2.05, 4.69) is 0 Å². The van der Waals surface area contributed by atoms with E-state index in [0.29, 0.717) is 0 Å². The average molecular weight is 932 g/mol. The fourth-order valence-electron chi connectivity index (χ4n) is 6.85. The van der Waals surface area contributed by atoms with Gasteiger partial charge >= 0.3 is 27.5 Å². The van der Waals surface area contributed by atoms with Crippen LogP contribution in [0.4, 0.5) is 13.2 Å². The van der Waals surface area contributed by atoms with Crippen LogP contribution in [0.15, 0.2) is 89.8 Å². The Kier molecular flexibility index (Phi) is 11.6. The first kappa shape index (κ1) is 40.7. The molecule has 0 heterocycles. The van der Waals surface area contributed by atoms with Gasteiger partial charge < -0.3 is 24.1 Å². The molecule has 0 saturated heterocycles. The van der Waals surface area contributed by atoms with Crippen molar-refractivity contribution >= 4 is 60.6 Å². The standard InChI is InChI=1S/C36H29F3INO13S2/c37-36(38,39)56(49,50)41-33(43)25-11-9-20(18-27(25)42)52-14-16-54-35(45)32-30-23-7-3-1-5-21(23)29(22-6-2-4-8-24(22)30)31(32)34(44)53-15-13-51-19-10-12-28(26(40)17-19)55(46,47)48/h1-12,17-18,29-32,42H,13-16H2,(H,41,43)(H,46,47,48). The first-order valence-electron chi connectivity index (χ1n) is 16.4. The minimum Gasteiger partial charge on any atom is -0.507 e. The van der Waals surface area contributed by atoms with Crippen LogP contribution in [0.3, 0.4) is 0 Å². The van der Waals surface area contributed by atoms with Gasteiger partial charge in [-0.25, -0.2) is 4.72 Å². The number of hydrogen-bond acceptors (Lipinski definition) is 12. The van der Waals surface area contributed by atoms with Crippen molar-refractivity contribution in [3.05, 3.63) is 116 Å². The third kappa shape index (κ3) is 8.27. The van der Waals surface area contributed by atoms with Crippen molar-refractivity contribution in [3.8, 4) is 17.2 Å². The van der Waals surface area contributed by atoms with Gasteiger partial charge in [-0.05, 0) is 75.2 Å². The number of carbonyl (C=O) groups is 3. The summed E-state index contributed by atoms with van der Waals surface area (Å²) in [7, 11) is -10.5. The second-order valence-electron chi connectivity index (χ2n) is 12.4. The normalized spacial score (nSPS) is 18.6. The predicted molar refractivity (Wildman–Crippen MR) is 196 cm³/mol. The van der Waals surface area contributed by atoms with Gasteiger partial charge in [0, 0.05) is 21.5 Å². The number of esters is 2. The monoisotopic (exact) mass is 931 g/mol. The highest BCUT2D eigenvalue weighted by atomic mass is 127. The SMILES string of the molecule is O=C(NS(=O)(=O)C(F)(F)F)c1ccc(OCCOC(=O)C2C3c4ccccc4C(c4ccccc43)C2C(=O)OCCOc2ccc(S(=O)(=O)O)c(I)c2)cc1O. The van der Waals surface area contributed by atoms with Crippen LogP contribution < -0.4 is 14.2 Å². The van der Waals surface area contributed by atoms with E-state index in [-0.39, 0.29) is 46.4 Å². The van der Waals surface area contributed by atoms with Crippen LogP contribution in [-0.4, -0.2) is 76.3 Å². The van der Waals surface area contributed by atoms with Gasteiger partial charge in [-0.3, -0.25) is 18.9 Å². The number of alkyl halides is 3. The molecule has 3 aliphatic carbocycles. The number of phenolic OH excluding ortho intramolecular Hbond substituents is 1. The average Bonchev–Trinajstić information content (AvgIpc) is 3.13. The van der Waals surface area contributed by atoms with E-state index in [0.717, 1.165) is 45.2 Å². The van der Waals surface area contributed by atoms with E-state index in [4.69, 9.17) is 18.9 Å². The molecule has 0 spiro atoms. The lowest BCUT2D eigenvalue weighted by atomic mass is 9.54. The van der Waals surface area contributed by atoms with Gasteiger partial charge in [-0.2, -0.15) is 30.0 Å². The van der Waals surface area contributed by atoms with Crippen LogP contribution in [0.25, 0.3) is 0 Å². The number of ether oxygens (including phenoxy) is 4. The number of benzene rings is 4. The minimum atomic E-state index is -6.02. The second kappa shape index (κ2) is 15.9. The molecule has 296 valence electrons. The molecular weight excluding hydrogens is 902 g/mol. The molecule has 0 aromatic heterocycles. The van der Waals surface area contributed by atoms with Crippen LogP contribution in [0.1, 0.15) is 44.4 Å². The first-order valence-corrected chi connectivity index (χ1v) is 20.4. The highest BCUT2D eigenvalue weighted by molar-refractivity contribution is 14.1. The molecule has 2 unspecified atom stereocenters. The number of amides is 1. The number of fused-ring (bicyclic) bond motifs is 1. The van der Waals surface area contributed by atoms with Gasteiger partial charge in [0.05, 0.1) is 17.4 Å². The Morgan fingerprint density at radius 2 is 1.14 bits per heavy atom. The molecule has 14 nitrogen and oxygen atoms in total. The molecule has 56 heavy (non-hydrogen) atoms. The highest BCUT2D eigenvalue weighted by Gasteiger charge is 2.56. The summed E-state index contributed by atoms with van der Waals surface area (Å²) < 4.78 is 116. The van der Waals surface area contributed by atoms with Crippen LogP contribution in [-0.2, 0) is 39.2 Å². The predicted octanol–water partition coefficient (Wildman–Crippen LogP) is 4.89. The van der Waals surface area contributed by atoms with Crippen molar-refractivity contribution in [1.82, 2.24) is 4.72 Å². The molecule has 1 amide bonds. The summed E-state index contributed by atoms with van der Waals surface area (Å²) in [5.41, 5.74) is -3.16. The van der Waals surface area contributed by atoms with E-state index in [1.165, 1.54) is 18.2 Å². The van der Waals surface area contributed by atoms with Crippen molar-refractivity contribution in [1.29, 1.82) is 0 Å². The Bertz CT molecular complexity index is 2380. The van der Waals surface area contributed by atoms with Crippen LogP contribution in [0.5, 0.6) is 17.2 Å². The van der Waals surface area contributed by atoms with Gasteiger partial charge in [0.2, 0.25) is 0 Å². The number of hydrogen-bond donors (Lipinski definition) is 3. The smallest absolute Gasteiger partial charge is 0.507 e. The molecule has 3 N–H and O–H groups in total. The molecule has 3 aliphatic rings. The van der Waals surface area contributed by atoms with Crippen LogP contribution >= 0.6 is 22.6 Å². The van der Waals surface area contributed by atoms with Gasteiger partial charge in [0.1, 0.15) is 48.6 Å². The zero-order valence-electron chi connectivity index (χ0n) is 28.4. The van der Waals surface area contributed by atoms with Gasteiger partial charge in [0.25, 0.3) is 16.0 Å². The Labute approximate surface area is 330 Å². The lowest BCUT2D eigenvalue weighted by molar-refractivity contribution is -0.164. The Balaban J connectivity index is 1.14. The number of rotatable bonds is 13. The molecule has 2 bridgehead atoms. The lowest BCUT2D eigenvalue weighted by Gasteiger charge is -2.48. The topological polar surface area (TPSA) is 209 Å². The molecular formula is C36H29F3INO13S2. The third-order valence-electron chi connectivity index (χ3n) is 9.10. The van der Waals surface area contributed by atoms with Crippen molar-refractivity contribution in [3.63, 3.8) is 0 Å². The summed E-state index contributed by atoms with van der Waals surface area (Å²) in [4.78, 5) is 39.7. The zero-order chi connectivity index (χ0) is 40.6. The number of halogens is 4. The van der Waals surface area contributed by atoms with Crippen LogP contribution in [0, 0.1) is 15.4 Å². The maximum absolute atomic E-state index is 14.0. The van der Waals surface area contributed by atoms with E-state index < -0.39 is 78.5 Å². The molecule has 0 fully saturated rings. The van der Waals surface area contributed by atoms with E-state index in [1.54, 1.807) is 22.6 Å². The van der Waals surface area contributed by atoms with Crippen molar-refractivity contribution in [2.24, 2.45) is 11.8 Å². The fraction of sp³-hybridized carbons (Fsp3) is 0.250. The van der Waals surface area contributed by atoms with Crippen molar-refractivity contribution in [2.75, 3.05) is 26.4 Å². The Morgan fingerprint density at radius 3 is 1.55 bits per heavy atom. The Morgan fingerprint density at radius 1 is 0.696 bits per heavy atom. The van der Waals surface area contributed by atoms with Gasteiger partial charge in [-0.1, -0.05) is 48.5 Å². The molecule has 20 heteroatoms. The summed E-state index contributed by atoms with van der Waals surface area (Å²) in [6.45, 7) is -1.01. The molecule has 4 aromatic carbocycles. The zero-order valence-corrected chi connectivity index (χ0v) is 32.2. The van der Waals surface area contributed by atoms with Gasteiger partial charge in [0.15, 0.2) is 0 Å². The van der Waals surface area contributed by atoms with Crippen molar-refractivity contribution in [2.45, 2.75) is 22.2 Å². The molecule has 0 saturated carbocycles. The third-order valence-corrected chi connectivity index (χ3v) is 12.3. The molecule has 7 rings (SSSR count). The van der Waals surface area contributed by atoms with Crippen LogP contribution in [0.2, 0.25) is 0 Å².